The first-order chi connectivity index (χ1) is 8.56. The number of nitrogens with zero attached hydrogens (tertiary/aromatic N) is 1. The van der Waals surface area contributed by atoms with E-state index in [1.807, 2.05) is 51.7 Å². The molecule has 0 saturated heterocycles. The zero-order valence-electron chi connectivity index (χ0n) is 8.89. The SMILES string of the molecule is O=C(NO)c1cc(I)c(-n2cccc2)c(I)c1O. The van der Waals surface area contributed by atoms with Crippen molar-refractivity contribution in [3.05, 3.63) is 43.3 Å². The predicted octanol–water partition coefficient (Wildman–Crippen LogP) is 2.51. The molecule has 5 nitrogen and oxygen atoms in total. The van der Waals surface area contributed by atoms with Gasteiger partial charge in [-0.1, -0.05) is 0 Å². The van der Waals surface area contributed by atoms with Crippen molar-refractivity contribution in [1.29, 1.82) is 0 Å². The van der Waals surface area contributed by atoms with Crippen LogP contribution >= 0.6 is 45.2 Å². The molecule has 0 aliphatic carbocycles. The molecule has 18 heavy (non-hydrogen) atoms. The quantitative estimate of drug-likeness (QED) is 0.359. The molecular formula is C11H8I2N2O3. The van der Waals surface area contributed by atoms with E-state index in [0.717, 1.165) is 9.26 Å². The third kappa shape index (κ3) is 2.34. The molecule has 0 aliphatic rings. The highest BCUT2D eigenvalue weighted by atomic mass is 127. The Hall–Kier alpha value is -0.810. The first kappa shape index (κ1) is 13.6. The average Bonchev–Trinajstić information content (AvgIpc) is 2.86. The van der Waals surface area contributed by atoms with Gasteiger partial charge in [0.15, 0.2) is 0 Å². The van der Waals surface area contributed by atoms with Crippen LogP contribution in [0.1, 0.15) is 10.4 Å². The van der Waals surface area contributed by atoms with Crippen molar-refractivity contribution in [2.45, 2.75) is 0 Å². The summed E-state index contributed by atoms with van der Waals surface area (Å²) in [7, 11) is 0. The molecule has 0 fully saturated rings. The molecule has 0 bridgehead atoms. The molecule has 1 aromatic heterocycles. The zero-order chi connectivity index (χ0) is 13.3. The van der Waals surface area contributed by atoms with Gasteiger partial charge < -0.3 is 9.67 Å². The van der Waals surface area contributed by atoms with Crippen molar-refractivity contribution in [2.24, 2.45) is 0 Å². The van der Waals surface area contributed by atoms with Gasteiger partial charge in [0.05, 0.1) is 14.8 Å². The Kier molecular flexibility index (Phi) is 4.12. The van der Waals surface area contributed by atoms with Gasteiger partial charge in [-0.15, -0.1) is 0 Å². The minimum atomic E-state index is -0.734. The summed E-state index contributed by atoms with van der Waals surface area (Å²) in [4.78, 5) is 11.4. The number of rotatable bonds is 2. The number of hydrogen-bond donors (Lipinski definition) is 3. The van der Waals surface area contributed by atoms with Crippen LogP contribution in [0.2, 0.25) is 0 Å². The second-order valence-electron chi connectivity index (χ2n) is 3.45. The van der Waals surface area contributed by atoms with E-state index in [1.165, 1.54) is 11.5 Å². The summed E-state index contributed by atoms with van der Waals surface area (Å²) in [6.07, 6.45) is 3.70. The summed E-state index contributed by atoms with van der Waals surface area (Å²) in [5.41, 5.74) is 2.36. The first-order valence-corrected chi connectivity index (χ1v) is 7.00. The predicted molar refractivity (Wildman–Crippen MR) is 82.1 cm³/mol. The number of aromatic hydroxyl groups is 1. The van der Waals surface area contributed by atoms with E-state index in [1.54, 1.807) is 0 Å². The molecular weight excluding hydrogens is 462 g/mol. The minimum absolute atomic E-state index is 0.0437. The van der Waals surface area contributed by atoms with Crippen molar-refractivity contribution >= 4 is 51.1 Å². The molecule has 1 amide bonds. The van der Waals surface area contributed by atoms with Crippen LogP contribution in [-0.4, -0.2) is 20.8 Å². The summed E-state index contributed by atoms with van der Waals surface area (Å²) in [6.45, 7) is 0. The van der Waals surface area contributed by atoms with Gasteiger partial charge in [-0.25, -0.2) is 5.48 Å². The van der Waals surface area contributed by atoms with Crippen LogP contribution in [0.3, 0.4) is 0 Å². The van der Waals surface area contributed by atoms with Crippen LogP contribution in [-0.2, 0) is 0 Å². The Morgan fingerprint density at radius 3 is 2.44 bits per heavy atom. The number of amides is 1. The summed E-state index contributed by atoms with van der Waals surface area (Å²) in [5, 5.41) is 18.6. The lowest BCUT2D eigenvalue weighted by atomic mass is 10.1. The summed E-state index contributed by atoms with van der Waals surface area (Å²) < 4.78 is 3.20. The van der Waals surface area contributed by atoms with E-state index in [9.17, 15) is 9.90 Å². The first-order valence-electron chi connectivity index (χ1n) is 4.85. The lowest BCUT2D eigenvalue weighted by Gasteiger charge is -2.13. The van der Waals surface area contributed by atoms with Crippen LogP contribution in [0, 0.1) is 7.14 Å². The van der Waals surface area contributed by atoms with Gasteiger partial charge in [0.2, 0.25) is 0 Å². The highest BCUT2D eigenvalue weighted by molar-refractivity contribution is 14.1. The Morgan fingerprint density at radius 1 is 1.28 bits per heavy atom. The largest absolute Gasteiger partial charge is 0.506 e. The van der Waals surface area contributed by atoms with Gasteiger partial charge in [0.1, 0.15) is 5.75 Å². The average molecular weight is 470 g/mol. The maximum atomic E-state index is 11.4. The second kappa shape index (κ2) is 5.45. The van der Waals surface area contributed by atoms with Crippen molar-refractivity contribution < 1.29 is 15.1 Å². The van der Waals surface area contributed by atoms with Gasteiger partial charge in [-0.2, -0.15) is 0 Å². The summed E-state index contributed by atoms with van der Waals surface area (Å²) in [5.74, 6) is -0.881. The molecule has 0 spiro atoms. The monoisotopic (exact) mass is 470 g/mol. The van der Waals surface area contributed by atoms with Crippen LogP contribution in [0.15, 0.2) is 30.6 Å². The number of nitrogens with one attached hydrogen (secondary N) is 1. The second-order valence-corrected chi connectivity index (χ2v) is 5.69. The third-order valence-electron chi connectivity index (χ3n) is 2.38. The van der Waals surface area contributed by atoms with E-state index in [-0.39, 0.29) is 11.3 Å². The number of hydrogen-bond acceptors (Lipinski definition) is 3. The number of halogens is 2. The molecule has 1 aromatic carbocycles. The number of carbonyl (C=O) groups excluding carboxylic acids is 1. The van der Waals surface area contributed by atoms with Gasteiger partial charge in [-0.3, -0.25) is 10.0 Å². The van der Waals surface area contributed by atoms with Gasteiger partial charge in [0, 0.05) is 16.0 Å². The zero-order valence-corrected chi connectivity index (χ0v) is 13.2. The van der Waals surface area contributed by atoms with Gasteiger partial charge >= 0.3 is 0 Å². The molecule has 7 heteroatoms. The summed E-state index contributed by atoms with van der Waals surface area (Å²) in [6, 6.07) is 5.27. The molecule has 0 atom stereocenters. The fourth-order valence-electron chi connectivity index (χ4n) is 1.55. The standard InChI is InChI=1S/C11H8I2N2O3/c12-7-5-6(11(17)14-18)10(16)8(13)9(7)15-3-1-2-4-15/h1-5,16,18H,(H,14,17). The van der Waals surface area contributed by atoms with E-state index >= 15 is 0 Å². The van der Waals surface area contributed by atoms with Crippen LogP contribution in [0.4, 0.5) is 0 Å². The van der Waals surface area contributed by atoms with Crippen molar-refractivity contribution in [3.63, 3.8) is 0 Å². The molecule has 0 saturated carbocycles. The molecule has 0 aliphatic heterocycles. The number of carbonyl (C=O) groups is 1. The van der Waals surface area contributed by atoms with E-state index < -0.39 is 5.91 Å². The molecule has 2 aromatic rings. The third-order valence-corrected chi connectivity index (χ3v) is 4.22. The minimum Gasteiger partial charge on any atom is -0.506 e. The molecule has 0 radical (unpaired) electrons. The maximum absolute atomic E-state index is 11.4. The molecule has 94 valence electrons. The topological polar surface area (TPSA) is 74.5 Å². The number of phenols is 1. The van der Waals surface area contributed by atoms with Crippen LogP contribution < -0.4 is 5.48 Å². The lowest BCUT2D eigenvalue weighted by Crippen LogP contribution is -2.19. The van der Waals surface area contributed by atoms with Gasteiger partial charge in [-0.05, 0) is 63.4 Å². The normalized spacial score (nSPS) is 10.4. The van der Waals surface area contributed by atoms with Crippen molar-refractivity contribution in [2.75, 3.05) is 0 Å². The smallest absolute Gasteiger partial charge is 0.278 e. The number of benzene rings is 1. The van der Waals surface area contributed by atoms with Gasteiger partial charge in [0.25, 0.3) is 5.91 Å². The fraction of sp³-hybridized carbons (Fsp3) is 0. The van der Waals surface area contributed by atoms with Crippen LogP contribution in [0.5, 0.6) is 5.75 Å². The number of hydroxylamine groups is 1. The lowest BCUT2D eigenvalue weighted by molar-refractivity contribution is 0.0703. The maximum Gasteiger partial charge on any atom is 0.278 e. The summed E-state index contributed by atoms with van der Waals surface area (Å²) >= 11 is 4.05. The Balaban J connectivity index is 2.66. The Bertz CT molecular complexity index is 597. The Morgan fingerprint density at radius 2 is 1.89 bits per heavy atom. The molecule has 0 unspecified atom stereocenters. The fourth-order valence-corrected chi connectivity index (χ4v) is 3.79. The highest BCUT2D eigenvalue weighted by Gasteiger charge is 2.19. The van der Waals surface area contributed by atoms with E-state index in [0.29, 0.717) is 3.57 Å². The van der Waals surface area contributed by atoms with E-state index in [2.05, 4.69) is 22.6 Å². The Labute approximate surface area is 130 Å². The molecule has 3 N–H and O–H groups in total. The van der Waals surface area contributed by atoms with Crippen molar-refractivity contribution in [3.8, 4) is 11.4 Å². The molecule has 2 rings (SSSR count). The number of phenolic OH excluding ortho intramolecular Hbond substituents is 1. The van der Waals surface area contributed by atoms with Crippen LogP contribution in [0.25, 0.3) is 5.69 Å². The van der Waals surface area contributed by atoms with Crippen molar-refractivity contribution in [1.82, 2.24) is 10.0 Å². The highest BCUT2D eigenvalue weighted by Crippen LogP contribution is 2.34. The van der Waals surface area contributed by atoms with E-state index in [4.69, 9.17) is 5.21 Å². The molecule has 1 heterocycles. The number of aromatic nitrogens is 1.